The number of fused-ring (bicyclic) bond motifs is 1. The summed E-state index contributed by atoms with van der Waals surface area (Å²) in [4.78, 5) is 37.4. The molecule has 2 aliphatic heterocycles. The molecule has 8 nitrogen and oxygen atoms in total. The van der Waals surface area contributed by atoms with Gasteiger partial charge in [-0.1, -0.05) is 0 Å². The number of benzene rings is 1. The molecule has 3 rings (SSSR count). The third-order valence-corrected chi connectivity index (χ3v) is 3.67. The Balaban J connectivity index is 2.05. The van der Waals surface area contributed by atoms with E-state index in [4.69, 9.17) is 4.74 Å². The Hall–Kier alpha value is -2.77. The van der Waals surface area contributed by atoms with E-state index in [2.05, 4.69) is 16.0 Å². The van der Waals surface area contributed by atoms with Crippen molar-refractivity contribution in [2.45, 2.75) is 5.54 Å². The van der Waals surface area contributed by atoms with Gasteiger partial charge in [-0.15, -0.1) is 0 Å². The fourth-order valence-electron chi connectivity index (χ4n) is 2.60. The van der Waals surface area contributed by atoms with Crippen molar-refractivity contribution >= 4 is 29.2 Å². The molecule has 1 aromatic rings. The quantitative estimate of drug-likeness (QED) is 0.612. The molecular formula is C13H14N4O4. The van der Waals surface area contributed by atoms with Gasteiger partial charge in [-0.2, -0.15) is 0 Å². The SMILES string of the molecule is COc1ccc2c(c1)NC1(CN2C)C(=O)NC(=O)NC1=O. The van der Waals surface area contributed by atoms with E-state index in [9.17, 15) is 14.4 Å². The molecule has 8 heteroatoms. The van der Waals surface area contributed by atoms with Crippen molar-refractivity contribution in [2.24, 2.45) is 0 Å². The molecule has 3 N–H and O–H groups in total. The number of ether oxygens (including phenoxy) is 1. The minimum Gasteiger partial charge on any atom is -0.497 e. The molecule has 4 amide bonds. The zero-order chi connectivity index (χ0) is 15.2. The maximum absolute atomic E-state index is 12.2. The van der Waals surface area contributed by atoms with Gasteiger partial charge >= 0.3 is 6.03 Å². The number of urea groups is 1. The van der Waals surface area contributed by atoms with Crippen molar-refractivity contribution < 1.29 is 19.1 Å². The lowest BCUT2D eigenvalue weighted by Crippen LogP contribution is -2.74. The number of methoxy groups -OCH3 is 1. The fourth-order valence-corrected chi connectivity index (χ4v) is 2.60. The zero-order valence-corrected chi connectivity index (χ0v) is 11.5. The first-order valence-corrected chi connectivity index (χ1v) is 6.30. The molecule has 1 spiro atoms. The van der Waals surface area contributed by atoms with Gasteiger partial charge in [0.25, 0.3) is 11.8 Å². The van der Waals surface area contributed by atoms with E-state index >= 15 is 0 Å². The van der Waals surface area contributed by atoms with Crippen LogP contribution < -0.4 is 25.6 Å². The number of nitrogens with zero attached hydrogens (tertiary/aromatic N) is 1. The maximum Gasteiger partial charge on any atom is 0.328 e. The van der Waals surface area contributed by atoms with Crippen molar-refractivity contribution in [1.82, 2.24) is 10.6 Å². The van der Waals surface area contributed by atoms with Gasteiger partial charge in [-0.25, -0.2) is 4.79 Å². The van der Waals surface area contributed by atoms with E-state index in [1.807, 2.05) is 6.07 Å². The van der Waals surface area contributed by atoms with Gasteiger partial charge in [0, 0.05) is 13.1 Å². The summed E-state index contributed by atoms with van der Waals surface area (Å²) in [6.45, 7) is 0.108. The molecule has 0 radical (unpaired) electrons. The van der Waals surface area contributed by atoms with Crippen LogP contribution in [0.25, 0.3) is 0 Å². The summed E-state index contributed by atoms with van der Waals surface area (Å²) in [6.07, 6.45) is 0. The number of carbonyl (C=O) groups is 3. The van der Waals surface area contributed by atoms with E-state index in [1.54, 1.807) is 24.1 Å². The number of rotatable bonds is 1. The normalized spacial score (nSPS) is 19.5. The van der Waals surface area contributed by atoms with Gasteiger partial charge in [0.15, 0.2) is 0 Å². The van der Waals surface area contributed by atoms with Crippen molar-refractivity contribution in [1.29, 1.82) is 0 Å². The largest absolute Gasteiger partial charge is 0.497 e. The summed E-state index contributed by atoms with van der Waals surface area (Å²) < 4.78 is 5.15. The van der Waals surface area contributed by atoms with Crippen LogP contribution in [0.4, 0.5) is 16.2 Å². The topological polar surface area (TPSA) is 99.8 Å². The number of barbiturate groups is 1. The summed E-state index contributed by atoms with van der Waals surface area (Å²) in [5.74, 6) is -0.743. The Bertz CT molecular complexity index is 638. The molecule has 0 bridgehead atoms. The number of carbonyl (C=O) groups excluding carboxylic acids is 3. The molecule has 1 saturated heterocycles. The summed E-state index contributed by atoms with van der Waals surface area (Å²) >= 11 is 0. The minimum atomic E-state index is -1.54. The Labute approximate surface area is 120 Å². The number of nitrogens with one attached hydrogen (secondary N) is 3. The summed E-state index contributed by atoms with van der Waals surface area (Å²) in [5.41, 5.74) is -0.121. The Kier molecular flexibility index (Phi) is 2.75. The molecule has 2 aliphatic rings. The van der Waals surface area contributed by atoms with Crippen LogP contribution >= 0.6 is 0 Å². The van der Waals surface area contributed by atoms with Crippen molar-refractivity contribution in [3.8, 4) is 5.75 Å². The lowest BCUT2D eigenvalue weighted by molar-refractivity contribution is -0.136. The monoisotopic (exact) mass is 290 g/mol. The lowest BCUT2D eigenvalue weighted by Gasteiger charge is -2.43. The molecule has 0 saturated carbocycles. The summed E-state index contributed by atoms with van der Waals surface area (Å²) in [6, 6.07) is 4.51. The maximum atomic E-state index is 12.2. The van der Waals surface area contributed by atoms with Crippen LogP contribution in [-0.2, 0) is 9.59 Å². The third-order valence-electron chi connectivity index (χ3n) is 3.67. The van der Waals surface area contributed by atoms with Crippen LogP contribution in [0.3, 0.4) is 0 Å². The predicted molar refractivity (Wildman–Crippen MR) is 74.3 cm³/mol. The second kappa shape index (κ2) is 4.37. The minimum absolute atomic E-state index is 0.108. The van der Waals surface area contributed by atoms with E-state index in [0.29, 0.717) is 11.4 Å². The van der Waals surface area contributed by atoms with Crippen molar-refractivity contribution in [2.75, 3.05) is 30.9 Å². The number of likely N-dealkylation sites (N-methyl/N-ethyl adjacent to an activating group) is 1. The highest BCUT2D eigenvalue weighted by molar-refractivity contribution is 6.25. The molecule has 0 atom stereocenters. The Morgan fingerprint density at radius 1 is 1.19 bits per heavy atom. The average Bonchev–Trinajstić information content (AvgIpc) is 2.44. The van der Waals surface area contributed by atoms with Crippen LogP contribution in [0, 0.1) is 0 Å². The molecule has 21 heavy (non-hydrogen) atoms. The van der Waals surface area contributed by atoms with E-state index in [-0.39, 0.29) is 6.54 Å². The first-order chi connectivity index (χ1) is 9.96. The van der Waals surface area contributed by atoms with Crippen molar-refractivity contribution in [3.05, 3.63) is 18.2 Å². The average molecular weight is 290 g/mol. The van der Waals surface area contributed by atoms with Gasteiger partial charge in [0.1, 0.15) is 5.75 Å². The molecule has 1 fully saturated rings. The molecule has 0 aromatic heterocycles. The molecule has 2 heterocycles. The highest BCUT2D eigenvalue weighted by Gasteiger charge is 2.53. The second-order valence-electron chi connectivity index (χ2n) is 5.01. The Morgan fingerprint density at radius 2 is 1.86 bits per heavy atom. The van der Waals surface area contributed by atoms with Gasteiger partial charge in [-0.3, -0.25) is 20.2 Å². The summed E-state index contributed by atoms with van der Waals surface area (Å²) in [5, 5.41) is 7.18. The molecule has 0 aliphatic carbocycles. The van der Waals surface area contributed by atoms with Crippen LogP contribution in [0.2, 0.25) is 0 Å². The van der Waals surface area contributed by atoms with Gasteiger partial charge in [-0.05, 0) is 12.1 Å². The first-order valence-electron chi connectivity index (χ1n) is 6.30. The van der Waals surface area contributed by atoms with E-state index in [0.717, 1.165) is 5.69 Å². The number of anilines is 2. The third kappa shape index (κ3) is 1.87. The van der Waals surface area contributed by atoms with Gasteiger partial charge in [0.05, 0.1) is 25.0 Å². The first kappa shape index (κ1) is 13.2. The number of imide groups is 2. The molecular weight excluding hydrogens is 276 g/mol. The fraction of sp³-hybridized carbons (Fsp3) is 0.308. The highest BCUT2D eigenvalue weighted by Crippen LogP contribution is 2.37. The highest BCUT2D eigenvalue weighted by atomic mass is 16.5. The number of hydrogen-bond donors (Lipinski definition) is 3. The lowest BCUT2D eigenvalue weighted by atomic mass is 9.91. The predicted octanol–water partition coefficient (Wildman–Crippen LogP) is -0.338. The van der Waals surface area contributed by atoms with Crippen molar-refractivity contribution in [3.63, 3.8) is 0 Å². The Morgan fingerprint density at radius 3 is 2.48 bits per heavy atom. The smallest absolute Gasteiger partial charge is 0.328 e. The second-order valence-corrected chi connectivity index (χ2v) is 5.01. The van der Waals surface area contributed by atoms with E-state index in [1.165, 1.54) is 7.11 Å². The molecule has 110 valence electrons. The van der Waals surface area contributed by atoms with Crippen LogP contribution in [0.1, 0.15) is 0 Å². The van der Waals surface area contributed by atoms with Crippen LogP contribution in [0.15, 0.2) is 18.2 Å². The molecule has 1 aromatic carbocycles. The summed E-state index contributed by atoms with van der Waals surface area (Å²) in [7, 11) is 3.30. The van der Waals surface area contributed by atoms with Crippen LogP contribution in [0.5, 0.6) is 5.75 Å². The number of amides is 4. The standard InChI is InChI=1S/C13H14N4O4/c1-17-6-13(10(18)14-12(20)15-11(13)19)16-8-5-7(21-2)3-4-9(8)17/h3-5,16H,6H2,1-2H3,(H2,14,15,18,19,20). The molecule has 0 unspecified atom stereocenters. The van der Waals surface area contributed by atoms with Crippen LogP contribution in [-0.4, -0.2) is 44.1 Å². The van der Waals surface area contributed by atoms with Gasteiger partial charge in [0.2, 0.25) is 5.54 Å². The number of hydrogen-bond acceptors (Lipinski definition) is 6. The van der Waals surface area contributed by atoms with E-state index < -0.39 is 23.4 Å². The zero-order valence-electron chi connectivity index (χ0n) is 11.5. The van der Waals surface area contributed by atoms with Gasteiger partial charge < -0.3 is 15.0 Å².